The molecule has 5 rings (SSSR count). The van der Waals surface area contributed by atoms with Crippen LogP contribution >= 0.6 is 0 Å². The van der Waals surface area contributed by atoms with E-state index in [0.29, 0.717) is 19.6 Å². The van der Waals surface area contributed by atoms with Crippen molar-refractivity contribution in [1.82, 2.24) is 15.1 Å². The zero-order valence-electron chi connectivity index (χ0n) is 20.0. The van der Waals surface area contributed by atoms with E-state index in [1.54, 1.807) is 10.5 Å². The third kappa shape index (κ3) is 4.95. The zero-order chi connectivity index (χ0) is 23.3. The number of nitrogens with zero attached hydrogens (tertiary/aromatic N) is 2. The highest BCUT2D eigenvalue weighted by atomic mass is 16.2. The predicted octanol–water partition coefficient (Wildman–Crippen LogP) is 3.67. The molecule has 0 saturated carbocycles. The first-order valence-electron chi connectivity index (χ1n) is 12.8. The number of likely N-dealkylation sites (tertiary alicyclic amines) is 2. The van der Waals surface area contributed by atoms with Crippen LogP contribution in [0.3, 0.4) is 0 Å². The lowest BCUT2D eigenvalue weighted by Gasteiger charge is -2.31. The van der Waals surface area contributed by atoms with Crippen LogP contribution in [0.25, 0.3) is 5.57 Å². The van der Waals surface area contributed by atoms with Crippen LogP contribution in [0.15, 0.2) is 54.1 Å². The van der Waals surface area contributed by atoms with Gasteiger partial charge in [-0.3, -0.25) is 9.59 Å². The van der Waals surface area contributed by atoms with Gasteiger partial charge in [0, 0.05) is 45.2 Å². The first-order chi connectivity index (χ1) is 16.7. The Labute approximate surface area is 202 Å². The number of nitrogens with one attached hydrogen (secondary N) is 1. The maximum atomic E-state index is 12.5. The lowest BCUT2D eigenvalue weighted by molar-refractivity contribution is -0.128. The van der Waals surface area contributed by atoms with Crippen LogP contribution in [-0.4, -0.2) is 61.4 Å². The van der Waals surface area contributed by atoms with E-state index < -0.39 is 0 Å². The normalized spacial score (nSPS) is 19.2. The molecule has 34 heavy (non-hydrogen) atoms. The van der Waals surface area contributed by atoms with E-state index in [-0.39, 0.29) is 11.8 Å². The summed E-state index contributed by atoms with van der Waals surface area (Å²) in [5, 5.41) is 3.14. The van der Waals surface area contributed by atoms with Gasteiger partial charge in [0.2, 0.25) is 12.3 Å². The minimum atomic E-state index is 0.0456. The Kier molecular flexibility index (Phi) is 7.10. The minimum Gasteiger partial charge on any atom is -0.355 e. The van der Waals surface area contributed by atoms with Gasteiger partial charge in [-0.05, 0) is 66.4 Å². The average molecular weight is 458 g/mol. The third-order valence-corrected chi connectivity index (χ3v) is 7.83. The van der Waals surface area contributed by atoms with Gasteiger partial charge in [0.1, 0.15) is 0 Å². The molecule has 3 aliphatic rings. The van der Waals surface area contributed by atoms with Gasteiger partial charge >= 0.3 is 0 Å². The van der Waals surface area contributed by atoms with Gasteiger partial charge in [-0.15, -0.1) is 0 Å². The Balaban J connectivity index is 1.20. The maximum absolute atomic E-state index is 12.5. The fourth-order valence-electron chi connectivity index (χ4n) is 5.80. The van der Waals surface area contributed by atoms with Crippen molar-refractivity contribution in [3.63, 3.8) is 0 Å². The summed E-state index contributed by atoms with van der Waals surface area (Å²) in [6.45, 7) is 5.06. The Hall–Kier alpha value is -2.92. The van der Waals surface area contributed by atoms with Crippen molar-refractivity contribution in [2.45, 2.75) is 38.5 Å². The number of benzene rings is 2. The summed E-state index contributed by atoms with van der Waals surface area (Å²) in [6, 6.07) is 17.9. The summed E-state index contributed by atoms with van der Waals surface area (Å²) < 4.78 is 0. The quantitative estimate of drug-likeness (QED) is 0.697. The second-order valence-corrected chi connectivity index (χ2v) is 9.84. The molecule has 5 heteroatoms. The number of piperidine rings is 2. The van der Waals surface area contributed by atoms with E-state index in [4.69, 9.17) is 0 Å². The summed E-state index contributed by atoms with van der Waals surface area (Å²) in [6.07, 6.45) is 6.79. The Bertz CT molecular complexity index is 1010. The van der Waals surface area contributed by atoms with E-state index in [0.717, 1.165) is 64.6 Å². The van der Waals surface area contributed by atoms with Gasteiger partial charge in [0.25, 0.3) is 0 Å². The first kappa shape index (κ1) is 22.9. The summed E-state index contributed by atoms with van der Waals surface area (Å²) in [5.41, 5.74) is 8.81. The van der Waals surface area contributed by atoms with Crippen LogP contribution in [0.1, 0.15) is 47.9 Å². The maximum Gasteiger partial charge on any atom is 0.223 e. The van der Waals surface area contributed by atoms with Gasteiger partial charge in [-0.1, -0.05) is 54.1 Å². The molecule has 178 valence electrons. The van der Waals surface area contributed by atoms with Gasteiger partial charge in [0.05, 0.1) is 0 Å². The largest absolute Gasteiger partial charge is 0.355 e. The standard InChI is InChI=1S/C29H35N3O2/c33-21-32-18-13-25(14-19-32)29(34)30-15-20-31-16-11-24(12-17-31)28-26-7-3-1-5-22(26)9-10-23-6-2-4-8-27(23)28/h1-8,21,25H,9-20H2,(H,30,34). The molecule has 2 aromatic rings. The smallest absolute Gasteiger partial charge is 0.223 e. The van der Waals surface area contributed by atoms with Crippen LogP contribution in [-0.2, 0) is 22.4 Å². The van der Waals surface area contributed by atoms with E-state index in [9.17, 15) is 9.59 Å². The fraction of sp³-hybridized carbons (Fsp3) is 0.448. The number of hydrogen-bond donors (Lipinski definition) is 1. The van der Waals surface area contributed by atoms with Crippen LogP contribution in [0.2, 0.25) is 0 Å². The third-order valence-electron chi connectivity index (χ3n) is 7.83. The van der Waals surface area contributed by atoms with Crippen LogP contribution in [0.4, 0.5) is 0 Å². The fourth-order valence-corrected chi connectivity index (χ4v) is 5.80. The summed E-state index contributed by atoms with van der Waals surface area (Å²) in [7, 11) is 0. The van der Waals surface area contributed by atoms with Crippen LogP contribution in [0, 0.1) is 5.92 Å². The van der Waals surface area contributed by atoms with Crippen molar-refractivity contribution < 1.29 is 9.59 Å². The van der Waals surface area contributed by atoms with Crippen molar-refractivity contribution in [2.24, 2.45) is 5.92 Å². The molecule has 2 aliphatic heterocycles. The molecule has 0 aromatic heterocycles. The monoisotopic (exact) mass is 457 g/mol. The molecular weight excluding hydrogens is 422 g/mol. The number of carbonyl (C=O) groups excluding carboxylic acids is 2. The molecule has 1 N–H and O–H groups in total. The molecular formula is C29H35N3O2. The van der Waals surface area contributed by atoms with Crippen molar-refractivity contribution in [3.05, 3.63) is 76.4 Å². The van der Waals surface area contributed by atoms with Crippen LogP contribution in [0.5, 0.6) is 0 Å². The molecule has 0 unspecified atom stereocenters. The molecule has 1 aliphatic carbocycles. The van der Waals surface area contributed by atoms with E-state index in [1.807, 2.05) is 0 Å². The highest BCUT2D eigenvalue weighted by molar-refractivity contribution is 5.86. The number of rotatable bonds is 5. The average Bonchev–Trinajstić information content (AvgIpc) is 3.06. The lowest BCUT2D eigenvalue weighted by atomic mass is 9.86. The first-order valence-corrected chi connectivity index (χ1v) is 12.8. The number of hydrogen-bond acceptors (Lipinski definition) is 3. The van der Waals surface area contributed by atoms with Gasteiger partial charge in [-0.2, -0.15) is 0 Å². The summed E-state index contributed by atoms with van der Waals surface area (Å²) in [5.74, 6) is 0.196. The van der Waals surface area contributed by atoms with E-state index in [2.05, 4.69) is 58.7 Å². The molecule has 2 amide bonds. The highest BCUT2D eigenvalue weighted by Gasteiger charge is 2.25. The number of carbonyl (C=O) groups is 2. The molecule has 2 fully saturated rings. The van der Waals surface area contributed by atoms with Gasteiger partial charge < -0.3 is 15.1 Å². The second-order valence-electron chi connectivity index (χ2n) is 9.84. The Morgan fingerprint density at radius 2 is 1.44 bits per heavy atom. The van der Waals surface area contributed by atoms with Crippen molar-refractivity contribution in [3.8, 4) is 0 Å². The SMILES string of the molecule is O=CN1CCC(C(=O)NCCN2CCC(=C3c4ccccc4CCc4ccccc43)CC2)CC1. The van der Waals surface area contributed by atoms with Crippen LogP contribution < -0.4 is 5.32 Å². The molecule has 0 spiro atoms. The number of aryl methyl sites for hydroxylation is 2. The zero-order valence-corrected chi connectivity index (χ0v) is 20.0. The van der Waals surface area contributed by atoms with E-state index in [1.165, 1.54) is 27.8 Å². The Morgan fingerprint density at radius 3 is 2.03 bits per heavy atom. The van der Waals surface area contributed by atoms with Crippen molar-refractivity contribution >= 4 is 17.9 Å². The van der Waals surface area contributed by atoms with Gasteiger partial charge in [-0.25, -0.2) is 0 Å². The summed E-state index contributed by atoms with van der Waals surface area (Å²) >= 11 is 0. The second kappa shape index (κ2) is 10.6. The van der Waals surface area contributed by atoms with Gasteiger partial charge in [0.15, 0.2) is 0 Å². The Morgan fingerprint density at radius 1 is 0.853 bits per heavy atom. The lowest BCUT2D eigenvalue weighted by Crippen LogP contribution is -2.43. The van der Waals surface area contributed by atoms with Crippen molar-refractivity contribution in [1.29, 1.82) is 0 Å². The molecule has 0 radical (unpaired) electrons. The molecule has 2 heterocycles. The molecule has 0 atom stereocenters. The van der Waals surface area contributed by atoms with E-state index >= 15 is 0 Å². The van der Waals surface area contributed by atoms with Crippen molar-refractivity contribution in [2.75, 3.05) is 39.3 Å². The summed E-state index contributed by atoms with van der Waals surface area (Å²) in [4.78, 5) is 27.6. The molecule has 2 saturated heterocycles. The number of fused-ring (bicyclic) bond motifs is 2. The minimum absolute atomic E-state index is 0.0456. The topological polar surface area (TPSA) is 52.7 Å². The highest BCUT2D eigenvalue weighted by Crippen LogP contribution is 2.38. The number of amides is 2. The molecule has 0 bridgehead atoms. The predicted molar refractivity (Wildman–Crippen MR) is 135 cm³/mol. The molecule has 5 nitrogen and oxygen atoms in total. The molecule has 2 aromatic carbocycles.